The Hall–Kier alpha value is -1.06. The van der Waals surface area contributed by atoms with Crippen molar-refractivity contribution >= 4 is 11.9 Å². The highest BCUT2D eigenvalue weighted by Crippen LogP contribution is 2.28. The number of hydrogen-bond acceptors (Lipinski definition) is 2. The summed E-state index contributed by atoms with van der Waals surface area (Å²) in [6, 6.07) is -0.289. The molecule has 2 heterocycles. The average molecular weight is 182 g/mol. The third kappa shape index (κ3) is 1.12. The molecule has 72 valence electrons. The number of piperidine rings is 1. The van der Waals surface area contributed by atoms with E-state index in [1.165, 1.54) is 4.90 Å². The van der Waals surface area contributed by atoms with Crippen LogP contribution in [-0.2, 0) is 4.79 Å². The van der Waals surface area contributed by atoms with Gasteiger partial charge in [0, 0.05) is 13.6 Å². The van der Waals surface area contributed by atoms with Gasteiger partial charge in [-0.25, -0.2) is 4.79 Å². The van der Waals surface area contributed by atoms with Crippen LogP contribution in [0.5, 0.6) is 0 Å². The highest BCUT2D eigenvalue weighted by atomic mass is 16.2. The second kappa shape index (κ2) is 2.72. The van der Waals surface area contributed by atoms with Gasteiger partial charge in [-0.2, -0.15) is 0 Å². The molecular weight excluding hydrogens is 168 g/mol. The summed E-state index contributed by atoms with van der Waals surface area (Å²) in [6.45, 7) is 2.87. The molecule has 2 fully saturated rings. The van der Waals surface area contributed by atoms with Crippen molar-refractivity contribution in [3.63, 3.8) is 0 Å². The predicted molar refractivity (Wildman–Crippen MR) is 47.1 cm³/mol. The minimum absolute atomic E-state index is 0.0310. The van der Waals surface area contributed by atoms with Crippen molar-refractivity contribution in [1.82, 2.24) is 9.80 Å². The third-order valence-corrected chi connectivity index (χ3v) is 3.01. The van der Waals surface area contributed by atoms with Gasteiger partial charge in [0.25, 0.3) is 5.91 Å². The van der Waals surface area contributed by atoms with Crippen LogP contribution in [0.2, 0.25) is 0 Å². The van der Waals surface area contributed by atoms with Gasteiger partial charge in [-0.05, 0) is 18.8 Å². The normalized spacial score (nSPS) is 34.0. The second-order valence-corrected chi connectivity index (χ2v) is 4.02. The van der Waals surface area contributed by atoms with Crippen molar-refractivity contribution < 1.29 is 9.59 Å². The lowest BCUT2D eigenvalue weighted by molar-refractivity contribution is -0.128. The molecule has 0 aliphatic carbocycles. The maximum Gasteiger partial charge on any atom is 0.327 e. The fraction of sp³-hybridized carbons (Fsp3) is 0.778. The molecule has 4 heteroatoms. The molecule has 2 saturated heterocycles. The zero-order valence-corrected chi connectivity index (χ0v) is 7.99. The monoisotopic (exact) mass is 182 g/mol. The summed E-state index contributed by atoms with van der Waals surface area (Å²) in [7, 11) is 1.56. The van der Waals surface area contributed by atoms with Gasteiger partial charge in [0.1, 0.15) is 6.04 Å². The molecule has 2 aliphatic rings. The molecule has 0 saturated carbocycles. The molecule has 0 spiro atoms. The molecule has 0 radical (unpaired) electrons. The van der Waals surface area contributed by atoms with Crippen molar-refractivity contribution in [2.75, 3.05) is 13.6 Å². The van der Waals surface area contributed by atoms with Crippen molar-refractivity contribution in [3.8, 4) is 0 Å². The first-order chi connectivity index (χ1) is 6.11. The smallest absolute Gasteiger partial charge is 0.312 e. The topological polar surface area (TPSA) is 40.6 Å². The minimum Gasteiger partial charge on any atom is -0.312 e. The van der Waals surface area contributed by atoms with Gasteiger partial charge < -0.3 is 4.90 Å². The Bertz CT molecular complexity index is 264. The fourth-order valence-electron chi connectivity index (χ4n) is 2.12. The molecule has 3 amide bonds. The molecule has 2 atom stereocenters. The standard InChI is InChI=1S/C9H14N2O2/c1-6-3-4-11-7(5-6)8(12)10(2)9(11)13/h6-7H,3-5H2,1-2H3. The van der Waals surface area contributed by atoms with Gasteiger partial charge in [0.05, 0.1) is 0 Å². The molecular formula is C9H14N2O2. The Morgan fingerprint density at radius 2 is 2.08 bits per heavy atom. The Kier molecular flexibility index (Phi) is 1.78. The number of carbonyl (C=O) groups is 2. The van der Waals surface area contributed by atoms with E-state index >= 15 is 0 Å². The molecule has 4 nitrogen and oxygen atoms in total. The lowest BCUT2D eigenvalue weighted by Crippen LogP contribution is -2.41. The first-order valence-electron chi connectivity index (χ1n) is 4.69. The van der Waals surface area contributed by atoms with Crippen LogP contribution in [0.25, 0.3) is 0 Å². The zero-order valence-electron chi connectivity index (χ0n) is 7.99. The van der Waals surface area contributed by atoms with Crippen LogP contribution in [0.15, 0.2) is 0 Å². The molecule has 0 N–H and O–H groups in total. The maximum absolute atomic E-state index is 11.6. The van der Waals surface area contributed by atoms with Crippen molar-refractivity contribution in [1.29, 1.82) is 0 Å². The molecule has 13 heavy (non-hydrogen) atoms. The average Bonchev–Trinajstić information content (AvgIpc) is 2.32. The van der Waals surface area contributed by atoms with Crippen molar-refractivity contribution in [3.05, 3.63) is 0 Å². The molecule has 0 aromatic carbocycles. The summed E-state index contributed by atoms with van der Waals surface area (Å²) in [5, 5.41) is 0. The summed E-state index contributed by atoms with van der Waals surface area (Å²) in [6.07, 6.45) is 1.85. The lowest BCUT2D eigenvalue weighted by atomic mass is 9.93. The molecule has 0 aromatic heterocycles. The van der Waals surface area contributed by atoms with Gasteiger partial charge >= 0.3 is 6.03 Å². The van der Waals surface area contributed by atoms with E-state index in [1.807, 2.05) is 0 Å². The number of hydrogen-bond donors (Lipinski definition) is 0. The van der Waals surface area contributed by atoms with Gasteiger partial charge in [-0.3, -0.25) is 9.69 Å². The first kappa shape index (κ1) is 8.53. The Balaban J connectivity index is 2.22. The van der Waals surface area contributed by atoms with E-state index in [0.29, 0.717) is 5.92 Å². The van der Waals surface area contributed by atoms with E-state index in [2.05, 4.69) is 6.92 Å². The van der Waals surface area contributed by atoms with Crippen LogP contribution in [-0.4, -0.2) is 41.4 Å². The van der Waals surface area contributed by atoms with Gasteiger partial charge in [0.2, 0.25) is 0 Å². The minimum atomic E-state index is -0.166. The third-order valence-electron chi connectivity index (χ3n) is 3.01. The lowest BCUT2D eigenvalue weighted by Gasteiger charge is -2.30. The molecule has 2 rings (SSSR count). The summed E-state index contributed by atoms with van der Waals surface area (Å²) >= 11 is 0. The van der Waals surface area contributed by atoms with Crippen LogP contribution in [0.1, 0.15) is 19.8 Å². The quantitative estimate of drug-likeness (QED) is 0.517. The Labute approximate surface area is 77.5 Å². The van der Waals surface area contributed by atoms with Gasteiger partial charge in [-0.15, -0.1) is 0 Å². The van der Waals surface area contributed by atoms with E-state index in [4.69, 9.17) is 0 Å². The first-order valence-corrected chi connectivity index (χ1v) is 4.69. The summed E-state index contributed by atoms with van der Waals surface area (Å²) in [5.74, 6) is 0.529. The number of rotatable bonds is 0. The van der Waals surface area contributed by atoms with Crippen molar-refractivity contribution in [2.45, 2.75) is 25.8 Å². The van der Waals surface area contributed by atoms with Crippen LogP contribution >= 0.6 is 0 Å². The molecule has 0 aromatic rings. The number of fused-ring (bicyclic) bond motifs is 1. The summed E-state index contributed by atoms with van der Waals surface area (Å²) in [4.78, 5) is 26.0. The molecule has 0 bridgehead atoms. The number of carbonyl (C=O) groups excluding carboxylic acids is 2. The summed E-state index contributed by atoms with van der Waals surface area (Å²) < 4.78 is 0. The van der Waals surface area contributed by atoms with E-state index in [0.717, 1.165) is 19.4 Å². The van der Waals surface area contributed by atoms with E-state index in [9.17, 15) is 9.59 Å². The number of nitrogens with zero attached hydrogens (tertiary/aromatic N) is 2. The van der Waals surface area contributed by atoms with Gasteiger partial charge in [0.15, 0.2) is 0 Å². The van der Waals surface area contributed by atoms with Crippen LogP contribution in [0.4, 0.5) is 4.79 Å². The number of imide groups is 1. The zero-order chi connectivity index (χ0) is 9.59. The predicted octanol–water partition coefficient (Wildman–Crippen LogP) is 0.679. The highest BCUT2D eigenvalue weighted by molar-refractivity contribution is 6.03. The highest BCUT2D eigenvalue weighted by Gasteiger charge is 2.45. The van der Waals surface area contributed by atoms with Crippen LogP contribution < -0.4 is 0 Å². The van der Waals surface area contributed by atoms with E-state index < -0.39 is 0 Å². The van der Waals surface area contributed by atoms with Crippen LogP contribution in [0, 0.1) is 5.92 Å². The number of likely N-dealkylation sites (N-methyl/N-ethyl adjacent to an activating group) is 1. The largest absolute Gasteiger partial charge is 0.327 e. The molecule has 2 aliphatic heterocycles. The molecule has 2 unspecified atom stereocenters. The van der Waals surface area contributed by atoms with Crippen LogP contribution in [0.3, 0.4) is 0 Å². The van der Waals surface area contributed by atoms with E-state index in [1.54, 1.807) is 11.9 Å². The SMILES string of the molecule is CC1CCN2C(=O)N(C)C(=O)C2C1. The fourth-order valence-corrected chi connectivity index (χ4v) is 2.12. The maximum atomic E-state index is 11.6. The van der Waals surface area contributed by atoms with E-state index in [-0.39, 0.29) is 18.0 Å². The number of urea groups is 1. The number of amides is 3. The Morgan fingerprint density at radius 1 is 1.38 bits per heavy atom. The second-order valence-electron chi connectivity index (χ2n) is 4.02. The summed E-state index contributed by atoms with van der Waals surface area (Å²) in [5.41, 5.74) is 0. The Morgan fingerprint density at radius 3 is 2.77 bits per heavy atom. The van der Waals surface area contributed by atoms with Crippen molar-refractivity contribution in [2.24, 2.45) is 5.92 Å². The van der Waals surface area contributed by atoms with Gasteiger partial charge in [-0.1, -0.05) is 6.92 Å².